The van der Waals surface area contributed by atoms with Crippen molar-refractivity contribution in [3.63, 3.8) is 0 Å². The number of aromatic nitrogens is 2. The largest absolute Gasteiger partial charge is 0.443 e. The molecule has 32 heavy (non-hydrogen) atoms. The first-order valence-corrected chi connectivity index (χ1v) is 11.5. The molecule has 2 aromatic carbocycles. The Morgan fingerprint density at radius 2 is 1.84 bits per heavy atom. The molecule has 0 saturated carbocycles. The van der Waals surface area contributed by atoms with Gasteiger partial charge in [-0.3, -0.25) is 4.79 Å². The lowest BCUT2D eigenvalue weighted by Crippen LogP contribution is -2.33. The average Bonchev–Trinajstić information content (AvgIpc) is 3.03. The molecular weight excluding hydrogens is 443 g/mol. The van der Waals surface area contributed by atoms with E-state index in [-0.39, 0.29) is 17.1 Å². The minimum Gasteiger partial charge on any atom is -0.443 e. The first kappa shape index (κ1) is 21.3. The number of hydrogen-bond donors (Lipinski definition) is 0. The molecule has 1 aliphatic carbocycles. The molecule has 0 amide bonds. The van der Waals surface area contributed by atoms with E-state index in [1.807, 2.05) is 41.9 Å². The second-order valence-corrected chi connectivity index (χ2v) is 10.2. The van der Waals surface area contributed by atoms with Crippen molar-refractivity contribution in [3.05, 3.63) is 92.3 Å². The summed E-state index contributed by atoms with van der Waals surface area (Å²) in [5.41, 5.74) is 4.38. The number of halogens is 2. The van der Waals surface area contributed by atoms with E-state index in [9.17, 15) is 4.79 Å². The van der Waals surface area contributed by atoms with Crippen LogP contribution in [-0.4, -0.2) is 15.6 Å². The molecule has 3 aromatic rings. The molecule has 0 N–H and O–H groups in total. The highest BCUT2D eigenvalue weighted by atomic mass is 35.5. The van der Waals surface area contributed by atoms with Crippen molar-refractivity contribution in [3.8, 4) is 5.88 Å². The topological polar surface area (TPSA) is 44.1 Å². The van der Waals surface area contributed by atoms with Crippen molar-refractivity contribution in [1.82, 2.24) is 9.78 Å². The maximum absolute atomic E-state index is 13.4. The number of nitrogens with zero attached hydrogens (tertiary/aromatic N) is 2. The summed E-state index contributed by atoms with van der Waals surface area (Å²) in [4.78, 5) is 13.4. The standard InChI is InChI=1S/C26H24Cl2N2O2/c1-15-22-23(17-9-10-18(27)19(28)11-17)24-20(31)12-26(2,3)13-21(24)32-25(22)30(29-15)14-16-7-5-4-6-8-16/h4-11,23H,12-14H2,1-3H3/t23-/m1/s1. The molecule has 0 radical (unpaired) electrons. The van der Waals surface area contributed by atoms with E-state index >= 15 is 0 Å². The molecule has 0 fully saturated rings. The van der Waals surface area contributed by atoms with Crippen LogP contribution in [-0.2, 0) is 11.3 Å². The molecule has 1 aromatic heterocycles. The normalized spacial score (nSPS) is 19.4. The van der Waals surface area contributed by atoms with Crippen LogP contribution in [0.4, 0.5) is 0 Å². The molecule has 6 heteroatoms. The van der Waals surface area contributed by atoms with Crippen molar-refractivity contribution in [2.75, 3.05) is 0 Å². The van der Waals surface area contributed by atoms with Crippen LogP contribution < -0.4 is 4.74 Å². The third-order valence-corrected chi connectivity index (χ3v) is 6.99. The number of benzene rings is 2. The van der Waals surface area contributed by atoms with Crippen LogP contribution in [0.15, 0.2) is 59.9 Å². The minimum atomic E-state index is -0.281. The Morgan fingerprint density at radius 1 is 1.09 bits per heavy atom. The van der Waals surface area contributed by atoms with Gasteiger partial charge in [0.05, 0.1) is 22.3 Å². The second-order valence-electron chi connectivity index (χ2n) is 9.43. The summed E-state index contributed by atoms with van der Waals surface area (Å²) >= 11 is 12.6. The van der Waals surface area contributed by atoms with Crippen molar-refractivity contribution in [2.24, 2.45) is 5.41 Å². The third kappa shape index (κ3) is 3.66. The zero-order valence-electron chi connectivity index (χ0n) is 18.3. The van der Waals surface area contributed by atoms with E-state index in [1.165, 1.54) is 0 Å². The second kappa shape index (κ2) is 7.79. The molecule has 5 rings (SSSR count). The van der Waals surface area contributed by atoms with Crippen molar-refractivity contribution in [1.29, 1.82) is 0 Å². The minimum absolute atomic E-state index is 0.119. The zero-order valence-corrected chi connectivity index (χ0v) is 19.8. The molecule has 1 aliphatic heterocycles. The summed E-state index contributed by atoms with van der Waals surface area (Å²) in [6.45, 7) is 6.77. The monoisotopic (exact) mass is 466 g/mol. The van der Waals surface area contributed by atoms with Gasteiger partial charge >= 0.3 is 0 Å². The van der Waals surface area contributed by atoms with Crippen molar-refractivity contribution >= 4 is 29.0 Å². The Labute approximate surface area is 197 Å². The summed E-state index contributed by atoms with van der Waals surface area (Å²) in [6.07, 6.45) is 1.18. The van der Waals surface area contributed by atoms with Gasteiger partial charge in [0.1, 0.15) is 5.76 Å². The summed E-state index contributed by atoms with van der Waals surface area (Å²) in [5.74, 6) is 1.28. The summed E-state index contributed by atoms with van der Waals surface area (Å²) in [7, 11) is 0. The van der Waals surface area contributed by atoms with Crippen LogP contribution in [0.5, 0.6) is 5.88 Å². The number of hydrogen-bond acceptors (Lipinski definition) is 3. The van der Waals surface area contributed by atoms with E-state index in [2.05, 4.69) is 26.0 Å². The number of allylic oxidation sites excluding steroid dienone is 2. The molecule has 4 nitrogen and oxygen atoms in total. The van der Waals surface area contributed by atoms with Crippen LogP contribution in [0.3, 0.4) is 0 Å². The number of carbonyl (C=O) groups is 1. The predicted molar refractivity (Wildman–Crippen MR) is 126 cm³/mol. The van der Waals surface area contributed by atoms with E-state index in [0.717, 1.165) is 33.7 Å². The van der Waals surface area contributed by atoms with Gasteiger partial charge in [-0.1, -0.05) is 73.4 Å². The maximum Gasteiger partial charge on any atom is 0.222 e. The smallest absolute Gasteiger partial charge is 0.222 e. The van der Waals surface area contributed by atoms with Gasteiger partial charge in [-0.25, -0.2) is 4.68 Å². The van der Waals surface area contributed by atoms with Crippen molar-refractivity contribution < 1.29 is 9.53 Å². The van der Waals surface area contributed by atoms with Gasteiger partial charge in [-0.2, -0.15) is 5.10 Å². The summed E-state index contributed by atoms with van der Waals surface area (Å²) in [6, 6.07) is 15.8. The Hall–Kier alpha value is -2.56. The lowest BCUT2D eigenvalue weighted by Gasteiger charge is -2.37. The molecule has 0 spiro atoms. The van der Waals surface area contributed by atoms with Gasteiger partial charge in [-0.05, 0) is 35.6 Å². The number of ketones is 1. The highest BCUT2D eigenvalue weighted by molar-refractivity contribution is 6.42. The number of fused-ring (bicyclic) bond motifs is 1. The van der Waals surface area contributed by atoms with E-state index < -0.39 is 0 Å². The number of rotatable bonds is 3. The lowest BCUT2D eigenvalue weighted by atomic mass is 9.70. The number of Topliss-reactive ketones (excluding diaryl/α,β-unsaturated/α-hetero) is 1. The molecule has 2 aliphatic rings. The fourth-order valence-electron chi connectivity index (χ4n) is 4.85. The highest BCUT2D eigenvalue weighted by Gasteiger charge is 2.44. The first-order chi connectivity index (χ1) is 15.2. The van der Waals surface area contributed by atoms with Gasteiger partial charge in [0, 0.05) is 29.9 Å². The predicted octanol–water partition coefficient (Wildman–Crippen LogP) is 6.71. The Morgan fingerprint density at radius 3 is 2.56 bits per heavy atom. The SMILES string of the molecule is Cc1nn(Cc2ccccc2)c2c1[C@@H](c1ccc(Cl)c(Cl)c1)C1=C(CC(C)(C)CC1=O)O2. The first-order valence-electron chi connectivity index (χ1n) is 10.7. The Balaban J connectivity index is 1.70. The number of carbonyl (C=O) groups excluding carboxylic acids is 1. The highest BCUT2D eigenvalue weighted by Crippen LogP contribution is 2.51. The zero-order chi connectivity index (χ0) is 22.6. The maximum atomic E-state index is 13.4. The fraction of sp³-hybridized carbons (Fsp3) is 0.308. The van der Waals surface area contributed by atoms with Crippen LogP contribution in [0, 0.1) is 12.3 Å². The van der Waals surface area contributed by atoms with Gasteiger partial charge in [0.15, 0.2) is 5.78 Å². The Bertz CT molecular complexity index is 1260. The van der Waals surface area contributed by atoms with E-state index in [0.29, 0.717) is 35.3 Å². The quantitative estimate of drug-likeness (QED) is 0.430. The van der Waals surface area contributed by atoms with Crippen LogP contribution in [0.25, 0.3) is 0 Å². The van der Waals surface area contributed by atoms with Crippen LogP contribution >= 0.6 is 23.2 Å². The van der Waals surface area contributed by atoms with Gasteiger partial charge in [0.2, 0.25) is 5.88 Å². The molecule has 2 heterocycles. The van der Waals surface area contributed by atoms with Crippen molar-refractivity contribution in [2.45, 2.75) is 46.1 Å². The van der Waals surface area contributed by atoms with E-state index in [4.69, 9.17) is 33.0 Å². The molecule has 164 valence electrons. The number of ether oxygens (including phenoxy) is 1. The van der Waals surface area contributed by atoms with Crippen LogP contribution in [0.2, 0.25) is 10.0 Å². The molecular formula is C26H24Cl2N2O2. The van der Waals surface area contributed by atoms with Gasteiger partial charge < -0.3 is 4.74 Å². The fourth-order valence-corrected chi connectivity index (χ4v) is 5.16. The van der Waals surface area contributed by atoms with Gasteiger partial charge in [0.25, 0.3) is 0 Å². The number of aryl methyl sites for hydroxylation is 1. The molecule has 0 unspecified atom stereocenters. The molecule has 0 bridgehead atoms. The molecule has 1 atom stereocenters. The van der Waals surface area contributed by atoms with Crippen LogP contribution in [0.1, 0.15) is 55.0 Å². The van der Waals surface area contributed by atoms with Gasteiger partial charge in [-0.15, -0.1) is 0 Å². The molecule has 0 saturated heterocycles. The third-order valence-electron chi connectivity index (χ3n) is 6.25. The Kier molecular flexibility index (Phi) is 5.18. The average molecular weight is 467 g/mol. The van der Waals surface area contributed by atoms with E-state index in [1.54, 1.807) is 6.07 Å². The lowest BCUT2D eigenvalue weighted by molar-refractivity contribution is -0.118. The summed E-state index contributed by atoms with van der Waals surface area (Å²) in [5, 5.41) is 5.78. The summed E-state index contributed by atoms with van der Waals surface area (Å²) < 4.78 is 8.38.